The smallest absolute Gasteiger partial charge is 0.308 e. The molecule has 0 heterocycles. The summed E-state index contributed by atoms with van der Waals surface area (Å²) in [5, 5.41) is 11.7. The van der Waals surface area contributed by atoms with Crippen LogP contribution in [0.1, 0.15) is 41.0 Å². The van der Waals surface area contributed by atoms with Crippen molar-refractivity contribution in [1.82, 2.24) is 5.32 Å². The van der Waals surface area contributed by atoms with Gasteiger partial charge in [0.2, 0.25) is 5.91 Å². The number of hydrogen-bond acceptors (Lipinski definition) is 2. The topological polar surface area (TPSA) is 66.4 Å². The van der Waals surface area contributed by atoms with Gasteiger partial charge in [0.05, 0.1) is 5.92 Å². The Morgan fingerprint density at radius 1 is 1.25 bits per heavy atom. The predicted octanol–water partition coefficient (Wildman–Crippen LogP) is 1.90. The maximum Gasteiger partial charge on any atom is 0.308 e. The molecule has 0 saturated carbocycles. The zero-order valence-electron chi connectivity index (χ0n) is 10.8. The highest BCUT2D eigenvalue weighted by Crippen LogP contribution is 2.14. The molecule has 0 fully saturated rings. The second-order valence-electron chi connectivity index (χ2n) is 5.62. The molecule has 4 heteroatoms. The molecule has 0 rings (SSSR count). The van der Waals surface area contributed by atoms with Crippen molar-refractivity contribution in [1.29, 1.82) is 0 Å². The summed E-state index contributed by atoms with van der Waals surface area (Å²) in [7, 11) is 0. The summed E-state index contributed by atoms with van der Waals surface area (Å²) < 4.78 is 0. The molecule has 0 spiro atoms. The van der Waals surface area contributed by atoms with Crippen molar-refractivity contribution in [3.05, 3.63) is 0 Å². The third kappa shape index (κ3) is 5.73. The molecule has 0 aromatic heterocycles. The number of carbonyl (C=O) groups is 2. The van der Waals surface area contributed by atoms with E-state index in [1.54, 1.807) is 20.8 Å². The van der Waals surface area contributed by atoms with Crippen molar-refractivity contribution in [2.45, 2.75) is 41.0 Å². The molecule has 94 valence electrons. The van der Waals surface area contributed by atoms with Crippen LogP contribution in [0.4, 0.5) is 0 Å². The molecular weight excluding hydrogens is 206 g/mol. The monoisotopic (exact) mass is 229 g/mol. The van der Waals surface area contributed by atoms with E-state index in [2.05, 4.69) is 5.32 Å². The average molecular weight is 229 g/mol. The van der Waals surface area contributed by atoms with Crippen LogP contribution in [0.25, 0.3) is 0 Å². The Hall–Kier alpha value is -1.06. The first-order chi connectivity index (χ1) is 7.14. The van der Waals surface area contributed by atoms with E-state index in [1.165, 1.54) is 0 Å². The van der Waals surface area contributed by atoms with Crippen LogP contribution in [0.5, 0.6) is 0 Å². The lowest BCUT2D eigenvalue weighted by molar-refractivity contribution is -0.142. The van der Waals surface area contributed by atoms with Gasteiger partial charge in [-0.05, 0) is 12.3 Å². The molecule has 0 aliphatic heterocycles. The molecule has 0 aromatic rings. The number of amides is 1. The standard InChI is InChI=1S/C12H23NO3/c1-8(2)6-9(10(14)15)7-13-11(16)12(3,4)5/h8-9H,6-7H2,1-5H3,(H,13,16)(H,14,15). The van der Waals surface area contributed by atoms with Crippen LogP contribution in [0.3, 0.4) is 0 Å². The van der Waals surface area contributed by atoms with Crippen LogP contribution in [0.2, 0.25) is 0 Å². The molecule has 2 N–H and O–H groups in total. The molecule has 0 aliphatic rings. The van der Waals surface area contributed by atoms with Crippen LogP contribution >= 0.6 is 0 Å². The Balaban J connectivity index is 4.23. The molecular formula is C12H23NO3. The van der Waals surface area contributed by atoms with Crippen LogP contribution in [-0.2, 0) is 9.59 Å². The Kier molecular flexibility index (Phi) is 5.48. The van der Waals surface area contributed by atoms with Gasteiger partial charge in [-0.25, -0.2) is 0 Å². The number of nitrogens with one attached hydrogen (secondary N) is 1. The van der Waals surface area contributed by atoms with Crippen molar-refractivity contribution < 1.29 is 14.7 Å². The largest absolute Gasteiger partial charge is 0.481 e. The van der Waals surface area contributed by atoms with Crippen molar-refractivity contribution >= 4 is 11.9 Å². The maximum absolute atomic E-state index is 11.6. The summed E-state index contributed by atoms with van der Waals surface area (Å²) in [5.74, 6) is -1.13. The van der Waals surface area contributed by atoms with Crippen molar-refractivity contribution in [3.8, 4) is 0 Å². The maximum atomic E-state index is 11.6. The molecule has 1 amide bonds. The zero-order valence-corrected chi connectivity index (χ0v) is 10.8. The van der Waals surface area contributed by atoms with Gasteiger partial charge in [0.15, 0.2) is 0 Å². The van der Waals surface area contributed by atoms with E-state index in [-0.39, 0.29) is 12.5 Å². The summed E-state index contributed by atoms with van der Waals surface area (Å²) in [6, 6.07) is 0. The number of carboxylic acids is 1. The normalized spacial score (nSPS) is 13.6. The number of hydrogen-bond donors (Lipinski definition) is 2. The lowest BCUT2D eigenvalue weighted by Crippen LogP contribution is -2.39. The number of rotatable bonds is 5. The molecule has 16 heavy (non-hydrogen) atoms. The van der Waals surface area contributed by atoms with Crippen molar-refractivity contribution in [3.63, 3.8) is 0 Å². The lowest BCUT2D eigenvalue weighted by atomic mass is 9.94. The van der Waals surface area contributed by atoms with Gasteiger partial charge in [0.25, 0.3) is 0 Å². The van der Waals surface area contributed by atoms with E-state index < -0.39 is 17.3 Å². The number of carbonyl (C=O) groups excluding carboxylic acids is 1. The van der Waals surface area contributed by atoms with E-state index in [4.69, 9.17) is 5.11 Å². The minimum atomic E-state index is -0.845. The quantitative estimate of drug-likeness (QED) is 0.756. The van der Waals surface area contributed by atoms with E-state index in [1.807, 2.05) is 13.8 Å². The molecule has 0 saturated heterocycles. The third-order valence-corrected chi connectivity index (χ3v) is 2.30. The predicted molar refractivity (Wildman–Crippen MR) is 63.0 cm³/mol. The first kappa shape index (κ1) is 14.9. The fraction of sp³-hybridized carbons (Fsp3) is 0.833. The second-order valence-corrected chi connectivity index (χ2v) is 5.62. The Morgan fingerprint density at radius 3 is 2.06 bits per heavy atom. The van der Waals surface area contributed by atoms with Crippen molar-refractivity contribution in [2.24, 2.45) is 17.3 Å². The van der Waals surface area contributed by atoms with Crippen LogP contribution in [0, 0.1) is 17.3 Å². The van der Waals surface area contributed by atoms with Crippen LogP contribution < -0.4 is 5.32 Å². The highest BCUT2D eigenvalue weighted by atomic mass is 16.4. The SMILES string of the molecule is CC(C)CC(CNC(=O)C(C)(C)C)C(=O)O. The first-order valence-corrected chi connectivity index (χ1v) is 5.65. The minimum Gasteiger partial charge on any atom is -0.481 e. The molecule has 1 atom stereocenters. The molecule has 0 aliphatic carbocycles. The van der Waals surface area contributed by atoms with Gasteiger partial charge >= 0.3 is 5.97 Å². The Bertz CT molecular complexity index is 253. The van der Waals surface area contributed by atoms with Gasteiger partial charge in [-0.2, -0.15) is 0 Å². The van der Waals surface area contributed by atoms with Gasteiger partial charge in [-0.3, -0.25) is 9.59 Å². The Morgan fingerprint density at radius 2 is 1.75 bits per heavy atom. The summed E-state index contributed by atoms with van der Waals surface area (Å²) >= 11 is 0. The summed E-state index contributed by atoms with van der Waals surface area (Å²) in [5.41, 5.74) is -0.471. The number of aliphatic carboxylic acids is 1. The molecule has 0 aromatic carbocycles. The molecule has 1 unspecified atom stereocenters. The summed E-state index contributed by atoms with van der Waals surface area (Å²) in [6.45, 7) is 9.58. The van der Waals surface area contributed by atoms with E-state index in [9.17, 15) is 9.59 Å². The molecule has 4 nitrogen and oxygen atoms in total. The lowest BCUT2D eigenvalue weighted by Gasteiger charge is -2.20. The van der Waals surface area contributed by atoms with Gasteiger partial charge in [0.1, 0.15) is 0 Å². The fourth-order valence-electron chi connectivity index (χ4n) is 1.32. The zero-order chi connectivity index (χ0) is 12.9. The van der Waals surface area contributed by atoms with Gasteiger partial charge < -0.3 is 10.4 Å². The number of carboxylic acid groups (broad SMARTS) is 1. The van der Waals surface area contributed by atoms with E-state index >= 15 is 0 Å². The minimum absolute atomic E-state index is 0.109. The first-order valence-electron chi connectivity index (χ1n) is 5.65. The second kappa shape index (κ2) is 5.87. The molecule has 0 radical (unpaired) electrons. The average Bonchev–Trinajstić information content (AvgIpc) is 2.08. The Labute approximate surface area is 97.4 Å². The van der Waals surface area contributed by atoms with Crippen LogP contribution in [0.15, 0.2) is 0 Å². The van der Waals surface area contributed by atoms with Crippen molar-refractivity contribution in [2.75, 3.05) is 6.54 Å². The summed E-state index contributed by atoms with van der Waals surface area (Å²) in [4.78, 5) is 22.5. The van der Waals surface area contributed by atoms with Gasteiger partial charge in [-0.1, -0.05) is 34.6 Å². The highest BCUT2D eigenvalue weighted by molar-refractivity contribution is 5.82. The highest BCUT2D eigenvalue weighted by Gasteiger charge is 2.24. The summed E-state index contributed by atoms with van der Waals surface area (Å²) in [6.07, 6.45) is 0.583. The van der Waals surface area contributed by atoms with Crippen LogP contribution in [-0.4, -0.2) is 23.5 Å². The van der Waals surface area contributed by atoms with E-state index in [0.717, 1.165) is 0 Å². The van der Waals surface area contributed by atoms with Gasteiger partial charge in [-0.15, -0.1) is 0 Å². The van der Waals surface area contributed by atoms with E-state index in [0.29, 0.717) is 12.3 Å². The fourth-order valence-corrected chi connectivity index (χ4v) is 1.32. The van der Waals surface area contributed by atoms with Gasteiger partial charge in [0, 0.05) is 12.0 Å². The molecule has 0 bridgehead atoms. The third-order valence-electron chi connectivity index (χ3n) is 2.30.